The van der Waals surface area contributed by atoms with Crippen LogP contribution in [-0.4, -0.2) is 37.2 Å². The molecule has 5 rings (SSSR count). The lowest BCUT2D eigenvalue weighted by Gasteiger charge is -2.07. The number of aromatic nitrogens is 5. The Morgan fingerprint density at radius 2 is 2.00 bits per heavy atom. The molecule has 33 heavy (non-hydrogen) atoms. The molecule has 0 unspecified atom stereocenters. The zero-order chi connectivity index (χ0) is 23.1. The van der Waals surface area contributed by atoms with Crippen molar-refractivity contribution in [2.75, 3.05) is 11.9 Å². The number of carbonyl (C=O) groups is 1. The summed E-state index contributed by atoms with van der Waals surface area (Å²) in [5.74, 6) is 0.271. The Labute approximate surface area is 188 Å². The number of H-pyrrole nitrogens is 1. The number of aromatic amines is 1. The van der Waals surface area contributed by atoms with E-state index in [1.165, 1.54) is 12.1 Å². The fraction of sp³-hybridized carbons (Fsp3) is 0.167. The number of rotatable bonds is 5. The van der Waals surface area contributed by atoms with Gasteiger partial charge in [-0.2, -0.15) is 0 Å². The second kappa shape index (κ2) is 8.01. The minimum absolute atomic E-state index is 0.199. The van der Waals surface area contributed by atoms with Gasteiger partial charge in [0.15, 0.2) is 12.3 Å². The SMILES string of the molecule is Cc1cc(C)c2c(OCC(=O)Nc3ccc4nc(-c5cccc(F)c5)[nH]c4c3)nn(C)c2n1. The highest BCUT2D eigenvalue weighted by molar-refractivity contribution is 5.94. The number of hydrogen-bond donors (Lipinski definition) is 2. The second-order valence-electron chi connectivity index (χ2n) is 7.87. The number of carbonyl (C=O) groups excluding carboxylic acids is 1. The topological polar surface area (TPSA) is 97.7 Å². The van der Waals surface area contributed by atoms with Crippen molar-refractivity contribution in [1.82, 2.24) is 24.7 Å². The van der Waals surface area contributed by atoms with Crippen LogP contribution in [0.25, 0.3) is 33.5 Å². The van der Waals surface area contributed by atoms with E-state index in [1.54, 1.807) is 42.1 Å². The smallest absolute Gasteiger partial charge is 0.262 e. The van der Waals surface area contributed by atoms with E-state index < -0.39 is 0 Å². The number of amides is 1. The monoisotopic (exact) mass is 444 g/mol. The van der Waals surface area contributed by atoms with Crippen molar-refractivity contribution in [3.05, 3.63) is 65.6 Å². The Bertz CT molecular complexity index is 1520. The lowest BCUT2D eigenvalue weighted by atomic mass is 10.2. The van der Waals surface area contributed by atoms with E-state index in [4.69, 9.17) is 4.74 Å². The Hall–Kier alpha value is -4.27. The van der Waals surface area contributed by atoms with Crippen LogP contribution in [0.1, 0.15) is 11.3 Å². The van der Waals surface area contributed by atoms with Crippen LogP contribution in [0.4, 0.5) is 10.1 Å². The van der Waals surface area contributed by atoms with E-state index in [0.29, 0.717) is 34.1 Å². The number of nitrogens with one attached hydrogen (secondary N) is 2. The van der Waals surface area contributed by atoms with E-state index >= 15 is 0 Å². The zero-order valence-electron chi connectivity index (χ0n) is 18.3. The second-order valence-corrected chi connectivity index (χ2v) is 7.87. The first-order valence-electron chi connectivity index (χ1n) is 10.4. The largest absolute Gasteiger partial charge is 0.466 e. The molecule has 2 aromatic carbocycles. The number of anilines is 1. The summed E-state index contributed by atoms with van der Waals surface area (Å²) < 4.78 is 20.9. The van der Waals surface area contributed by atoms with E-state index in [1.807, 2.05) is 19.9 Å². The van der Waals surface area contributed by atoms with Crippen LogP contribution in [0.5, 0.6) is 5.88 Å². The number of imidazole rings is 1. The number of ether oxygens (including phenoxy) is 1. The van der Waals surface area contributed by atoms with Gasteiger partial charge in [-0.25, -0.2) is 19.0 Å². The van der Waals surface area contributed by atoms with Crippen LogP contribution in [-0.2, 0) is 11.8 Å². The van der Waals surface area contributed by atoms with Gasteiger partial charge in [-0.15, -0.1) is 5.10 Å². The van der Waals surface area contributed by atoms with Crippen molar-refractivity contribution in [2.24, 2.45) is 7.05 Å². The predicted octanol–water partition coefficient (Wildman–Crippen LogP) is 4.29. The van der Waals surface area contributed by atoms with Crippen LogP contribution in [0.3, 0.4) is 0 Å². The summed E-state index contributed by atoms with van der Waals surface area (Å²) in [4.78, 5) is 24.7. The number of nitrogens with zero attached hydrogens (tertiary/aromatic N) is 4. The minimum Gasteiger partial charge on any atom is -0.466 e. The highest BCUT2D eigenvalue weighted by atomic mass is 19.1. The van der Waals surface area contributed by atoms with Crippen molar-refractivity contribution in [1.29, 1.82) is 0 Å². The fourth-order valence-electron chi connectivity index (χ4n) is 3.84. The summed E-state index contributed by atoms with van der Waals surface area (Å²) in [6.45, 7) is 3.68. The molecule has 3 heterocycles. The van der Waals surface area contributed by atoms with Gasteiger partial charge < -0.3 is 15.0 Å². The first-order chi connectivity index (χ1) is 15.9. The van der Waals surface area contributed by atoms with Gasteiger partial charge in [-0.3, -0.25) is 4.79 Å². The molecule has 0 bridgehead atoms. The van der Waals surface area contributed by atoms with Gasteiger partial charge in [0.2, 0.25) is 5.88 Å². The molecule has 0 fully saturated rings. The Morgan fingerprint density at radius 1 is 1.15 bits per heavy atom. The first kappa shape index (κ1) is 20.6. The lowest BCUT2D eigenvalue weighted by molar-refractivity contribution is -0.118. The molecule has 0 atom stereocenters. The van der Waals surface area contributed by atoms with Gasteiger partial charge >= 0.3 is 0 Å². The lowest BCUT2D eigenvalue weighted by Crippen LogP contribution is -2.20. The Balaban J connectivity index is 1.31. The van der Waals surface area contributed by atoms with Crippen molar-refractivity contribution in [3.8, 4) is 17.3 Å². The van der Waals surface area contributed by atoms with Crippen molar-refractivity contribution < 1.29 is 13.9 Å². The number of pyridine rings is 1. The Kier molecular flexibility index (Phi) is 5.01. The molecule has 5 aromatic rings. The highest BCUT2D eigenvalue weighted by Gasteiger charge is 2.16. The van der Waals surface area contributed by atoms with Crippen molar-refractivity contribution >= 4 is 33.7 Å². The summed E-state index contributed by atoms with van der Waals surface area (Å²) in [7, 11) is 1.79. The molecule has 0 aliphatic heterocycles. The number of benzene rings is 2. The number of hydrogen-bond acceptors (Lipinski definition) is 5. The average molecular weight is 444 g/mol. The van der Waals surface area contributed by atoms with E-state index in [2.05, 4.69) is 25.4 Å². The maximum atomic E-state index is 13.5. The molecule has 8 nitrogen and oxygen atoms in total. The summed E-state index contributed by atoms with van der Waals surface area (Å²) in [6.07, 6.45) is 0. The first-order valence-corrected chi connectivity index (χ1v) is 10.4. The number of halogens is 1. The molecule has 0 radical (unpaired) electrons. The third-order valence-corrected chi connectivity index (χ3v) is 5.29. The van der Waals surface area contributed by atoms with E-state index in [9.17, 15) is 9.18 Å². The molecule has 3 aromatic heterocycles. The molecule has 166 valence electrons. The molecule has 0 saturated heterocycles. The molecule has 0 saturated carbocycles. The van der Waals surface area contributed by atoms with Gasteiger partial charge in [0.25, 0.3) is 5.91 Å². The molecule has 2 N–H and O–H groups in total. The molecule has 1 amide bonds. The summed E-state index contributed by atoms with van der Waals surface area (Å²) in [5, 5.41) is 7.97. The van der Waals surface area contributed by atoms with Gasteiger partial charge in [-0.1, -0.05) is 12.1 Å². The average Bonchev–Trinajstić information content (AvgIpc) is 3.33. The van der Waals surface area contributed by atoms with E-state index in [-0.39, 0.29) is 18.3 Å². The quantitative estimate of drug-likeness (QED) is 0.422. The molecular formula is C24H21FN6O2. The summed E-state index contributed by atoms with van der Waals surface area (Å²) in [6, 6.07) is 13.5. The van der Waals surface area contributed by atoms with Gasteiger partial charge in [-0.05, 0) is 55.8 Å². The molecule has 0 aliphatic rings. The van der Waals surface area contributed by atoms with E-state index in [0.717, 1.165) is 22.2 Å². The predicted molar refractivity (Wildman–Crippen MR) is 124 cm³/mol. The fourth-order valence-corrected chi connectivity index (χ4v) is 3.84. The van der Waals surface area contributed by atoms with Crippen molar-refractivity contribution in [2.45, 2.75) is 13.8 Å². The zero-order valence-corrected chi connectivity index (χ0v) is 18.3. The number of aryl methyl sites for hydroxylation is 3. The van der Waals surface area contributed by atoms with Crippen LogP contribution in [0, 0.1) is 19.7 Å². The van der Waals surface area contributed by atoms with Crippen LogP contribution in [0.15, 0.2) is 48.5 Å². The van der Waals surface area contributed by atoms with Crippen molar-refractivity contribution in [3.63, 3.8) is 0 Å². The van der Waals surface area contributed by atoms with Gasteiger partial charge in [0.1, 0.15) is 11.6 Å². The maximum Gasteiger partial charge on any atom is 0.262 e. The highest BCUT2D eigenvalue weighted by Crippen LogP contribution is 2.27. The van der Waals surface area contributed by atoms with Crippen LogP contribution >= 0.6 is 0 Å². The third-order valence-electron chi connectivity index (χ3n) is 5.29. The molecule has 0 aliphatic carbocycles. The van der Waals surface area contributed by atoms with Gasteiger partial charge in [0.05, 0.1) is 16.4 Å². The van der Waals surface area contributed by atoms with Crippen LogP contribution in [0.2, 0.25) is 0 Å². The van der Waals surface area contributed by atoms with Crippen LogP contribution < -0.4 is 10.1 Å². The van der Waals surface area contributed by atoms with Gasteiger partial charge in [0, 0.05) is 24.0 Å². The summed E-state index contributed by atoms with van der Waals surface area (Å²) in [5.41, 5.74) is 5.25. The third kappa shape index (κ3) is 4.00. The minimum atomic E-state index is -0.331. The standard InChI is InChI=1S/C24H21FN6O2/c1-13-9-14(2)26-23-21(13)24(30-31(23)3)33-12-20(32)27-17-7-8-18-19(11-17)29-22(28-18)15-5-4-6-16(25)10-15/h4-11H,12H2,1-3H3,(H,27,32)(H,28,29). The molecule has 9 heteroatoms. The Morgan fingerprint density at radius 3 is 2.82 bits per heavy atom. The maximum absolute atomic E-state index is 13.5. The number of fused-ring (bicyclic) bond motifs is 2. The summed E-state index contributed by atoms with van der Waals surface area (Å²) >= 11 is 0. The molecular weight excluding hydrogens is 423 g/mol. The molecule has 0 spiro atoms. The normalized spacial score (nSPS) is 11.3.